The molecule has 0 saturated heterocycles. The number of allylic oxidation sites excluding steroid dienone is 4. The average Bonchev–Trinajstić information content (AvgIpc) is 3.46. The van der Waals surface area contributed by atoms with Crippen LogP contribution in [0.4, 0.5) is 0 Å². The van der Waals surface area contributed by atoms with Crippen LogP contribution in [-0.2, 0) is 10.8 Å². The minimum Gasteiger partial charge on any atom is -0.316 e. The summed E-state index contributed by atoms with van der Waals surface area (Å²) in [5, 5.41) is 0. The number of nitrogens with zero attached hydrogens (tertiary/aromatic N) is 1. The molecule has 3 aromatic carbocycles. The van der Waals surface area contributed by atoms with E-state index in [0.29, 0.717) is 29.2 Å². The molecule has 5 atom stereocenters. The third kappa shape index (κ3) is 5.87. The number of fused-ring (bicyclic) bond motifs is 4. The zero-order valence-corrected chi connectivity index (χ0v) is 33.5. The zero-order valence-electron chi connectivity index (χ0n) is 32.5. The van der Waals surface area contributed by atoms with Crippen molar-refractivity contribution in [2.24, 2.45) is 17.8 Å². The van der Waals surface area contributed by atoms with Crippen molar-refractivity contribution in [1.82, 2.24) is 4.57 Å². The topological polar surface area (TPSA) is 3.24 Å². The van der Waals surface area contributed by atoms with Gasteiger partial charge >= 0.3 is 0 Å². The first-order valence-corrected chi connectivity index (χ1v) is 22.6. The Balaban J connectivity index is 1.34. The summed E-state index contributed by atoms with van der Waals surface area (Å²) >= 11 is 0. The number of rotatable bonds is 5. The van der Waals surface area contributed by atoms with Gasteiger partial charge in [-0.05, 0) is 119 Å². The van der Waals surface area contributed by atoms with Gasteiger partial charge in [-0.1, -0.05) is 153 Å². The Morgan fingerprint density at radius 3 is 1.98 bits per heavy atom. The summed E-state index contributed by atoms with van der Waals surface area (Å²) in [5.41, 5.74) is 12.6. The number of benzene rings is 3. The average molecular weight is 670 g/mol. The molecule has 0 radical (unpaired) electrons. The molecule has 0 bridgehead atoms. The van der Waals surface area contributed by atoms with Crippen molar-refractivity contribution in [3.63, 3.8) is 0 Å². The van der Waals surface area contributed by atoms with Gasteiger partial charge in [-0.15, -0.1) is 0 Å². The molecule has 49 heavy (non-hydrogen) atoms. The molecular formula is C47H63NSi. The summed E-state index contributed by atoms with van der Waals surface area (Å²) in [6.45, 7) is 27.6. The van der Waals surface area contributed by atoms with Crippen molar-refractivity contribution in [3.8, 4) is 11.1 Å². The molecule has 0 aromatic heterocycles. The van der Waals surface area contributed by atoms with E-state index in [2.05, 4.69) is 165 Å². The van der Waals surface area contributed by atoms with Crippen LogP contribution in [0.5, 0.6) is 0 Å². The maximum absolute atomic E-state index is 3.15. The molecule has 2 heteroatoms. The summed E-state index contributed by atoms with van der Waals surface area (Å²) in [7, 11) is -1.95. The van der Waals surface area contributed by atoms with Crippen molar-refractivity contribution >= 4 is 13.8 Å². The van der Waals surface area contributed by atoms with Gasteiger partial charge < -0.3 is 4.57 Å². The van der Waals surface area contributed by atoms with Gasteiger partial charge in [-0.25, -0.2) is 0 Å². The molecule has 4 aliphatic carbocycles. The Morgan fingerprint density at radius 1 is 0.735 bits per heavy atom. The van der Waals surface area contributed by atoms with Crippen molar-refractivity contribution in [1.29, 1.82) is 0 Å². The molecule has 0 amide bonds. The molecular weight excluding hydrogens is 607 g/mol. The molecule has 3 aromatic rings. The molecule has 2 fully saturated rings. The van der Waals surface area contributed by atoms with Crippen molar-refractivity contribution < 1.29 is 0 Å². The van der Waals surface area contributed by atoms with Gasteiger partial charge in [0.2, 0.25) is 0 Å². The summed E-state index contributed by atoms with van der Waals surface area (Å²) in [6.07, 6.45) is 12.6. The second kappa shape index (κ2) is 12.2. The minimum absolute atomic E-state index is 0.0252. The fraction of sp³-hybridized carbons (Fsp3) is 0.532. The van der Waals surface area contributed by atoms with Crippen LogP contribution in [0.3, 0.4) is 0 Å². The molecule has 4 aliphatic rings. The SMILES string of the molecule is CC1C(c2ccccc2)C2C=C3C(=CC2C1[Si](C)(C)N(C1CCCCC1)C(C)(C)C)c1ccc(-c2ccc(C(C)(C)C)cc2)cc1C3(C)C. The molecule has 1 nitrogen and oxygen atoms in total. The van der Waals surface area contributed by atoms with Crippen LogP contribution < -0.4 is 0 Å². The lowest BCUT2D eigenvalue weighted by Gasteiger charge is -2.56. The van der Waals surface area contributed by atoms with Crippen LogP contribution in [-0.4, -0.2) is 24.4 Å². The maximum atomic E-state index is 3.15. The summed E-state index contributed by atoms with van der Waals surface area (Å²) in [4.78, 5) is 0. The van der Waals surface area contributed by atoms with Crippen molar-refractivity contribution in [2.45, 2.75) is 141 Å². The first-order valence-electron chi connectivity index (χ1n) is 19.6. The minimum atomic E-state index is -1.95. The molecule has 260 valence electrons. The lowest BCUT2D eigenvalue weighted by Crippen LogP contribution is -2.65. The summed E-state index contributed by atoms with van der Waals surface area (Å²) < 4.78 is 3.15. The Kier molecular flexibility index (Phi) is 8.67. The van der Waals surface area contributed by atoms with Crippen LogP contribution >= 0.6 is 0 Å². The van der Waals surface area contributed by atoms with Gasteiger partial charge in [0, 0.05) is 17.0 Å². The van der Waals surface area contributed by atoms with Gasteiger partial charge in [-0.3, -0.25) is 0 Å². The zero-order chi connectivity index (χ0) is 35.1. The Bertz CT molecular complexity index is 1740. The molecule has 0 heterocycles. The Hall–Kier alpha value is -2.68. The van der Waals surface area contributed by atoms with Crippen LogP contribution in [0.15, 0.2) is 90.5 Å². The van der Waals surface area contributed by atoms with E-state index in [1.54, 1.807) is 11.1 Å². The van der Waals surface area contributed by atoms with E-state index in [1.807, 2.05) is 0 Å². The predicted molar refractivity (Wildman–Crippen MR) is 215 cm³/mol. The molecule has 7 rings (SSSR count). The highest BCUT2D eigenvalue weighted by Crippen LogP contribution is 2.65. The van der Waals surface area contributed by atoms with Gasteiger partial charge in [-0.2, -0.15) is 0 Å². The smallest absolute Gasteiger partial charge is 0.127 e. The van der Waals surface area contributed by atoms with E-state index >= 15 is 0 Å². The second-order valence-corrected chi connectivity index (χ2v) is 23.8. The van der Waals surface area contributed by atoms with E-state index in [-0.39, 0.29) is 16.4 Å². The second-order valence-electron chi connectivity index (χ2n) is 19.3. The third-order valence-corrected chi connectivity index (χ3v) is 18.3. The molecule has 2 saturated carbocycles. The number of hydrogen-bond donors (Lipinski definition) is 0. The normalized spacial score (nSPS) is 27.0. The van der Waals surface area contributed by atoms with E-state index in [1.165, 1.54) is 65.5 Å². The van der Waals surface area contributed by atoms with Crippen LogP contribution in [0.2, 0.25) is 18.6 Å². The lowest BCUT2D eigenvalue weighted by molar-refractivity contribution is 0.138. The van der Waals surface area contributed by atoms with E-state index in [9.17, 15) is 0 Å². The fourth-order valence-electron chi connectivity index (χ4n) is 11.7. The number of hydrogen-bond acceptors (Lipinski definition) is 1. The summed E-state index contributed by atoms with van der Waals surface area (Å²) in [6, 6.07) is 29.0. The monoisotopic (exact) mass is 669 g/mol. The van der Waals surface area contributed by atoms with Crippen LogP contribution in [0, 0.1) is 17.8 Å². The predicted octanol–water partition coefficient (Wildman–Crippen LogP) is 12.9. The standard InChI is InChI=1S/C47H63NSi/c1-31-43(33-18-14-12-15-19-33)39-30-42-38(29-40(39)44(31)49(10,11)48(46(5,6)7)36-20-16-13-17-21-36)37-27-24-34(28-41(37)47(42,8)9)32-22-25-35(26-23-32)45(2,3)4/h12,14-15,18-19,22-31,36,39-40,43-44H,13,16-17,20-21H2,1-11H3. The van der Waals surface area contributed by atoms with E-state index in [0.717, 1.165) is 6.04 Å². The highest BCUT2D eigenvalue weighted by molar-refractivity contribution is 6.76. The van der Waals surface area contributed by atoms with Gasteiger partial charge in [0.25, 0.3) is 0 Å². The highest BCUT2D eigenvalue weighted by Gasteiger charge is 2.59. The summed E-state index contributed by atoms with van der Waals surface area (Å²) in [5.74, 6) is 2.25. The third-order valence-electron chi connectivity index (χ3n) is 13.4. The van der Waals surface area contributed by atoms with Gasteiger partial charge in [0.1, 0.15) is 8.24 Å². The maximum Gasteiger partial charge on any atom is 0.127 e. The fourth-order valence-corrected chi connectivity index (χ4v) is 17.7. The van der Waals surface area contributed by atoms with Gasteiger partial charge in [0.05, 0.1) is 0 Å². The first kappa shape index (κ1) is 34.8. The van der Waals surface area contributed by atoms with E-state index < -0.39 is 8.24 Å². The molecule has 0 N–H and O–H groups in total. The van der Waals surface area contributed by atoms with E-state index in [4.69, 9.17) is 0 Å². The quantitative estimate of drug-likeness (QED) is 0.244. The lowest BCUT2D eigenvalue weighted by atomic mass is 9.73. The Morgan fingerprint density at radius 2 is 1.37 bits per heavy atom. The molecule has 0 spiro atoms. The van der Waals surface area contributed by atoms with Crippen molar-refractivity contribution in [3.05, 3.63) is 113 Å². The molecule has 0 aliphatic heterocycles. The Labute approximate surface area is 300 Å². The molecule has 5 unspecified atom stereocenters. The van der Waals surface area contributed by atoms with Crippen LogP contribution in [0.1, 0.15) is 123 Å². The van der Waals surface area contributed by atoms with Crippen molar-refractivity contribution in [2.75, 3.05) is 0 Å². The highest BCUT2D eigenvalue weighted by atomic mass is 28.3. The largest absolute Gasteiger partial charge is 0.316 e. The first-order chi connectivity index (χ1) is 23.0. The van der Waals surface area contributed by atoms with Gasteiger partial charge in [0.15, 0.2) is 0 Å². The van der Waals surface area contributed by atoms with Crippen LogP contribution in [0.25, 0.3) is 16.7 Å².